The number of morpholine rings is 2. The number of carbonyl (C=O) groups excluding carboxylic acids is 1. The first-order chi connectivity index (χ1) is 22.8. The maximum absolute atomic E-state index is 15.7. The van der Waals surface area contributed by atoms with Crippen molar-refractivity contribution < 1.29 is 33.3 Å². The van der Waals surface area contributed by atoms with E-state index in [-0.39, 0.29) is 70.1 Å². The van der Waals surface area contributed by atoms with Crippen molar-refractivity contribution >= 4 is 46.5 Å². The van der Waals surface area contributed by atoms with E-state index in [0.29, 0.717) is 49.0 Å². The van der Waals surface area contributed by atoms with E-state index in [4.69, 9.17) is 37.4 Å². The van der Waals surface area contributed by atoms with Crippen LogP contribution >= 0.6 is 23.2 Å². The van der Waals surface area contributed by atoms with Gasteiger partial charge in [-0.1, -0.05) is 41.4 Å². The quantitative estimate of drug-likeness (QED) is 0.322. The van der Waals surface area contributed by atoms with E-state index in [0.717, 1.165) is 43.9 Å². The van der Waals surface area contributed by atoms with Gasteiger partial charge in [-0.05, 0) is 56.4 Å². The Morgan fingerprint density at radius 1 is 0.830 bits per heavy atom. The number of carbonyl (C=O) groups is 2. The van der Waals surface area contributed by atoms with Crippen molar-refractivity contribution in [2.75, 3.05) is 43.0 Å². The molecule has 246 valence electrons. The Hall–Kier alpha value is -3.57. The lowest BCUT2D eigenvalue weighted by atomic mass is 9.93. The molecular formula is C35H34Cl2FN3O6. The molecule has 5 heterocycles. The molecule has 5 aliphatic heterocycles. The molecule has 0 aliphatic carbocycles. The number of hydrogen-bond donors (Lipinski definition) is 1. The molecule has 12 heteroatoms. The van der Waals surface area contributed by atoms with Gasteiger partial charge in [0.2, 0.25) is 0 Å². The molecule has 4 saturated heterocycles. The fourth-order valence-corrected chi connectivity index (χ4v) is 8.75. The second kappa shape index (κ2) is 12.1. The molecule has 4 atom stereocenters. The van der Waals surface area contributed by atoms with Gasteiger partial charge < -0.3 is 34.0 Å². The van der Waals surface area contributed by atoms with Gasteiger partial charge in [-0.15, -0.1) is 0 Å². The third kappa shape index (κ3) is 5.30. The molecule has 8 rings (SSSR count). The summed E-state index contributed by atoms with van der Waals surface area (Å²) >= 11 is 13.5. The molecule has 9 nitrogen and oxygen atoms in total. The van der Waals surface area contributed by atoms with Crippen LogP contribution in [0.2, 0.25) is 10.0 Å². The fourth-order valence-electron chi connectivity index (χ4n) is 8.12. The average molecular weight is 683 g/mol. The molecule has 4 bridgehead atoms. The first-order valence-corrected chi connectivity index (χ1v) is 16.9. The van der Waals surface area contributed by atoms with Gasteiger partial charge in [-0.25, -0.2) is 9.18 Å². The highest BCUT2D eigenvalue weighted by Crippen LogP contribution is 2.44. The van der Waals surface area contributed by atoms with Crippen molar-refractivity contribution in [2.24, 2.45) is 0 Å². The van der Waals surface area contributed by atoms with E-state index in [1.807, 2.05) is 18.2 Å². The number of carboxylic acid groups (broad SMARTS) is 1. The third-order valence-electron chi connectivity index (χ3n) is 10.3. The van der Waals surface area contributed by atoms with Crippen LogP contribution in [-0.2, 0) is 16.0 Å². The highest BCUT2D eigenvalue weighted by atomic mass is 35.5. The van der Waals surface area contributed by atoms with Crippen LogP contribution in [0.4, 0.5) is 15.8 Å². The Labute approximate surface area is 281 Å². The molecule has 5 aliphatic rings. The van der Waals surface area contributed by atoms with Gasteiger partial charge in [0, 0.05) is 22.4 Å². The highest BCUT2D eigenvalue weighted by Gasteiger charge is 2.40. The number of hydrogen-bond acceptors (Lipinski definition) is 7. The molecule has 0 radical (unpaired) electrons. The van der Waals surface area contributed by atoms with E-state index in [1.165, 1.54) is 4.90 Å². The molecule has 1 N–H and O–H groups in total. The Kier molecular flexibility index (Phi) is 7.95. The lowest BCUT2D eigenvalue weighted by Gasteiger charge is -2.47. The summed E-state index contributed by atoms with van der Waals surface area (Å²) in [5.74, 6) is -1.77. The third-order valence-corrected chi connectivity index (χ3v) is 10.9. The number of rotatable bonds is 5. The molecule has 3 aromatic carbocycles. The monoisotopic (exact) mass is 681 g/mol. The molecule has 4 unspecified atom stereocenters. The maximum Gasteiger partial charge on any atom is 0.337 e. The number of carboxylic acids is 1. The van der Waals surface area contributed by atoms with Crippen molar-refractivity contribution in [1.29, 1.82) is 0 Å². The lowest BCUT2D eigenvalue weighted by Crippen LogP contribution is -2.55. The minimum atomic E-state index is -1.19. The van der Waals surface area contributed by atoms with Crippen LogP contribution in [-0.4, -0.2) is 79.2 Å². The van der Waals surface area contributed by atoms with E-state index < -0.39 is 11.8 Å². The lowest BCUT2D eigenvalue weighted by molar-refractivity contribution is 0.0462. The Bertz CT molecular complexity index is 1710. The summed E-state index contributed by atoms with van der Waals surface area (Å²) in [5, 5.41) is 10.5. The zero-order valence-electron chi connectivity index (χ0n) is 25.6. The van der Waals surface area contributed by atoms with Crippen molar-refractivity contribution in [3.05, 3.63) is 75.0 Å². The minimum absolute atomic E-state index is 0.0342. The predicted octanol–water partition coefficient (Wildman–Crippen LogP) is 6.62. The molecule has 1 amide bonds. The summed E-state index contributed by atoms with van der Waals surface area (Å²) in [6.45, 7) is 2.41. The van der Waals surface area contributed by atoms with Crippen LogP contribution in [0.1, 0.15) is 58.4 Å². The number of ether oxygens (including phenoxy) is 3. The highest BCUT2D eigenvalue weighted by molar-refractivity contribution is 6.40. The summed E-state index contributed by atoms with van der Waals surface area (Å²) in [4.78, 5) is 32.0. The van der Waals surface area contributed by atoms with E-state index in [9.17, 15) is 14.7 Å². The van der Waals surface area contributed by atoms with E-state index >= 15 is 4.39 Å². The maximum atomic E-state index is 15.7. The van der Waals surface area contributed by atoms with Crippen LogP contribution in [0, 0.1) is 5.82 Å². The van der Waals surface area contributed by atoms with E-state index in [1.54, 1.807) is 18.2 Å². The van der Waals surface area contributed by atoms with Gasteiger partial charge in [-0.2, -0.15) is 0 Å². The van der Waals surface area contributed by atoms with Gasteiger partial charge in [0.05, 0.1) is 84.0 Å². The first kappa shape index (κ1) is 30.7. The van der Waals surface area contributed by atoms with Crippen LogP contribution in [0.5, 0.6) is 5.75 Å². The average Bonchev–Trinajstić information content (AvgIpc) is 3.30. The second-order valence-corrected chi connectivity index (χ2v) is 13.8. The number of aromatic carboxylic acids is 1. The minimum Gasteiger partial charge on any atom is -0.478 e. The Balaban J connectivity index is 1.08. The fraction of sp³-hybridized carbons (Fsp3) is 0.429. The van der Waals surface area contributed by atoms with Gasteiger partial charge in [-0.3, -0.25) is 4.79 Å². The Morgan fingerprint density at radius 2 is 1.47 bits per heavy atom. The SMILES string of the molecule is O=C(O)c1cc(F)c(-c2cccc3c2OCN(C(=O)c2c(Cl)cc(N4C5CCCC4COC5)cc2Cl)C3)cc1N1C2CCC1COC2. The van der Waals surface area contributed by atoms with Crippen molar-refractivity contribution in [2.45, 2.75) is 62.8 Å². The molecular weight excluding hydrogens is 648 g/mol. The predicted molar refractivity (Wildman–Crippen MR) is 175 cm³/mol. The number of amides is 1. The van der Waals surface area contributed by atoms with Crippen molar-refractivity contribution in [3.8, 4) is 16.9 Å². The zero-order chi connectivity index (χ0) is 32.4. The molecule has 4 fully saturated rings. The van der Waals surface area contributed by atoms with E-state index in [2.05, 4.69) is 9.80 Å². The summed E-state index contributed by atoms with van der Waals surface area (Å²) in [5.41, 5.74) is 2.90. The zero-order valence-corrected chi connectivity index (χ0v) is 27.1. The number of piperidine rings is 1. The number of halogens is 3. The molecule has 3 aromatic rings. The Morgan fingerprint density at radius 3 is 2.11 bits per heavy atom. The number of fused-ring (bicyclic) bond motifs is 5. The number of anilines is 2. The van der Waals surface area contributed by atoms with Crippen molar-refractivity contribution in [1.82, 2.24) is 4.90 Å². The summed E-state index contributed by atoms with van der Waals surface area (Å²) in [6.07, 6.45) is 4.98. The van der Waals surface area contributed by atoms with Crippen LogP contribution in [0.25, 0.3) is 11.1 Å². The van der Waals surface area contributed by atoms with Crippen LogP contribution < -0.4 is 14.5 Å². The summed E-state index contributed by atoms with van der Waals surface area (Å²) < 4.78 is 33.4. The number of para-hydroxylation sites is 1. The molecule has 0 saturated carbocycles. The van der Waals surface area contributed by atoms with Gasteiger partial charge in [0.25, 0.3) is 5.91 Å². The topological polar surface area (TPSA) is 91.8 Å². The van der Waals surface area contributed by atoms with Gasteiger partial charge in [0.15, 0.2) is 6.73 Å². The largest absolute Gasteiger partial charge is 0.478 e. The van der Waals surface area contributed by atoms with Gasteiger partial charge in [0.1, 0.15) is 11.6 Å². The number of benzene rings is 3. The first-order valence-electron chi connectivity index (χ1n) is 16.1. The number of nitrogens with zero attached hydrogens (tertiary/aromatic N) is 3. The molecule has 47 heavy (non-hydrogen) atoms. The smallest absolute Gasteiger partial charge is 0.337 e. The summed E-state index contributed by atoms with van der Waals surface area (Å²) in [6, 6.07) is 12.3. The second-order valence-electron chi connectivity index (χ2n) is 13.0. The normalized spacial score (nSPS) is 25.0. The van der Waals surface area contributed by atoms with Crippen LogP contribution in [0.3, 0.4) is 0 Å². The molecule has 0 spiro atoms. The van der Waals surface area contributed by atoms with Crippen LogP contribution in [0.15, 0.2) is 42.5 Å². The summed E-state index contributed by atoms with van der Waals surface area (Å²) in [7, 11) is 0. The standard InChI is InChI=1S/C35H34Cl2FN3O6/c36-28-9-24(40-20-4-2-5-21(40)15-45-14-20)10-29(37)32(28)34(42)39-13-19-3-1-6-25(33(19)47-18-39)26-12-31(27(35(43)44)11-30(26)38)41-22-7-8-23(41)17-46-16-22/h1,3,6,9-12,20-23H,2,4-5,7-8,13-18H2,(H,43,44). The van der Waals surface area contributed by atoms with Gasteiger partial charge >= 0.3 is 5.97 Å². The molecule has 0 aromatic heterocycles. The van der Waals surface area contributed by atoms with Crippen molar-refractivity contribution in [3.63, 3.8) is 0 Å².